The van der Waals surface area contributed by atoms with Crippen molar-refractivity contribution in [2.75, 3.05) is 17.2 Å². The van der Waals surface area contributed by atoms with E-state index in [1.807, 2.05) is 32.0 Å². The first-order valence-corrected chi connectivity index (χ1v) is 6.89. The zero-order valence-corrected chi connectivity index (χ0v) is 12.3. The lowest BCUT2D eigenvalue weighted by Crippen LogP contribution is -2.14. The highest BCUT2D eigenvalue weighted by atomic mass is 35.5. The van der Waals surface area contributed by atoms with Crippen LogP contribution in [0, 0.1) is 6.92 Å². The molecule has 0 aliphatic rings. The molecule has 0 aliphatic heterocycles. The Bertz CT molecular complexity index is 608. The maximum Gasteiger partial charge on any atom is 0.257 e. The Labute approximate surface area is 124 Å². The van der Waals surface area contributed by atoms with E-state index in [0.717, 1.165) is 23.5 Å². The molecular weight excluding hydrogens is 272 g/mol. The van der Waals surface area contributed by atoms with Crippen molar-refractivity contribution in [3.63, 3.8) is 0 Å². The van der Waals surface area contributed by atoms with Gasteiger partial charge in [-0.05, 0) is 55.8 Å². The molecule has 0 fully saturated rings. The van der Waals surface area contributed by atoms with Crippen LogP contribution >= 0.6 is 11.6 Å². The van der Waals surface area contributed by atoms with Crippen LogP contribution in [0.5, 0.6) is 0 Å². The van der Waals surface area contributed by atoms with Crippen LogP contribution in [0.2, 0.25) is 5.02 Å². The van der Waals surface area contributed by atoms with E-state index in [0.29, 0.717) is 10.6 Å². The van der Waals surface area contributed by atoms with Gasteiger partial charge in [0, 0.05) is 22.9 Å². The molecule has 0 radical (unpaired) electrons. The molecule has 104 valence electrons. The summed E-state index contributed by atoms with van der Waals surface area (Å²) in [5, 5.41) is 6.72. The molecule has 0 bridgehead atoms. The summed E-state index contributed by atoms with van der Waals surface area (Å²) in [4.78, 5) is 12.3. The number of carbonyl (C=O) groups excluding carboxylic acids is 1. The molecule has 3 nitrogen and oxygen atoms in total. The summed E-state index contributed by atoms with van der Waals surface area (Å²) in [5.74, 6) is -0.136. The molecule has 20 heavy (non-hydrogen) atoms. The molecule has 0 saturated heterocycles. The second kappa shape index (κ2) is 6.44. The molecule has 2 aromatic carbocycles. The van der Waals surface area contributed by atoms with Gasteiger partial charge in [-0.25, -0.2) is 0 Å². The van der Waals surface area contributed by atoms with E-state index in [-0.39, 0.29) is 5.91 Å². The first-order valence-electron chi connectivity index (χ1n) is 6.51. The quantitative estimate of drug-likeness (QED) is 0.879. The Morgan fingerprint density at radius 1 is 1.15 bits per heavy atom. The fourth-order valence-corrected chi connectivity index (χ4v) is 2.05. The lowest BCUT2D eigenvalue weighted by atomic mass is 10.1. The zero-order valence-electron chi connectivity index (χ0n) is 11.5. The van der Waals surface area contributed by atoms with Crippen molar-refractivity contribution < 1.29 is 4.79 Å². The van der Waals surface area contributed by atoms with Gasteiger partial charge in [0.05, 0.1) is 5.56 Å². The molecular formula is C16H17ClN2O. The van der Waals surface area contributed by atoms with Gasteiger partial charge in [0.15, 0.2) is 0 Å². The average molecular weight is 289 g/mol. The Kier molecular flexibility index (Phi) is 4.64. The summed E-state index contributed by atoms with van der Waals surface area (Å²) in [7, 11) is 0. The SMILES string of the molecule is CCNc1cc(C)ccc1C(=O)Nc1ccc(Cl)cc1. The van der Waals surface area contributed by atoms with Crippen molar-refractivity contribution in [1.82, 2.24) is 0 Å². The van der Waals surface area contributed by atoms with Crippen LogP contribution in [0.3, 0.4) is 0 Å². The van der Waals surface area contributed by atoms with Gasteiger partial charge < -0.3 is 10.6 Å². The Morgan fingerprint density at radius 2 is 1.85 bits per heavy atom. The summed E-state index contributed by atoms with van der Waals surface area (Å²) >= 11 is 5.83. The second-order valence-corrected chi connectivity index (χ2v) is 4.98. The van der Waals surface area contributed by atoms with E-state index in [2.05, 4.69) is 10.6 Å². The summed E-state index contributed by atoms with van der Waals surface area (Å²) in [6.07, 6.45) is 0. The fraction of sp³-hybridized carbons (Fsp3) is 0.188. The normalized spacial score (nSPS) is 10.2. The highest BCUT2D eigenvalue weighted by Gasteiger charge is 2.11. The predicted molar refractivity (Wildman–Crippen MR) is 84.7 cm³/mol. The van der Waals surface area contributed by atoms with E-state index < -0.39 is 0 Å². The van der Waals surface area contributed by atoms with Gasteiger partial charge in [-0.15, -0.1) is 0 Å². The number of rotatable bonds is 4. The minimum atomic E-state index is -0.136. The van der Waals surface area contributed by atoms with Crippen molar-refractivity contribution in [3.8, 4) is 0 Å². The fourth-order valence-electron chi connectivity index (χ4n) is 1.92. The number of nitrogens with one attached hydrogen (secondary N) is 2. The number of anilines is 2. The topological polar surface area (TPSA) is 41.1 Å². The summed E-state index contributed by atoms with van der Waals surface area (Å²) in [5.41, 5.74) is 3.32. The molecule has 0 heterocycles. The Hall–Kier alpha value is -2.00. The van der Waals surface area contributed by atoms with Gasteiger partial charge >= 0.3 is 0 Å². The van der Waals surface area contributed by atoms with Crippen LogP contribution in [0.1, 0.15) is 22.8 Å². The number of benzene rings is 2. The Balaban J connectivity index is 2.22. The third-order valence-electron chi connectivity index (χ3n) is 2.89. The van der Waals surface area contributed by atoms with Crippen molar-refractivity contribution in [1.29, 1.82) is 0 Å². The number of hydrogen-bond acceptors (Lipinski definition) is 2. The van der Waals surface area contributed by atoms with Crippen molar-refractivity contribution in [2.24, 2.45) is 0 Å². The van der Waals surface area contributed by atoms with Crippen LogP contribution in [-0.2, 0) is 0 Å². The van der Waals surface area contributed by atoms with Gasteiger partial charge in [0.25, 0.3) is 5.91 Å². The van der Waals surface area contributed by atoms with Crippen LogP contribution < -0.4 is 10.6 Å². The molecule has 0 atom stereocenters. The lowest BCUT2D eigenvalue weighted by molar-refractivity contribution is 0.102. The van der Waals surface area contributed by atoms with Crippen LogP contribution in [0.4, 0.5) is 11.4 Å². The Morgan fingerprint density at radius 3 is 2.50 bits per heavy atom. The van der Waals surface area contributed by atoms with Crippen LogP contribution in [-0.4, -0.2) is 12.5 Å². The van der Waals surface area contributed by atoms with Gasteiger partial charge in [-0.1, -0.05) is 17.7 Å². The lowest BCUT2D eigenvalue weighted by Gasteiger charge is -2.12. The van der Waals surface area contributed by atoms with Gasteiger partial charge in [-0.2, -0.15) is 0 Å². The number of aryl methyl sites for hydroxylation is 1. The third-order valence-corrected chi connectivity index (χ3v) is 3.14. The summed E-state index contributed by atoms with van der Waals surface area (Å²) in [6, 6.07) is 12.8. The van der Waals surface area contributed by atoms with E-state index in [4.69, 9.17) is 11.6 Å². The highest BCUT2D eigenvalue weighted by molar-refractivity contribution is 6.30. The zero-order chi connectivity index (χ0) is 14.5. The molecule has 0 saturated carbocycles. The molecule has 0 spiro atoms. The molecule has 1 amide bonds. The minimum absolute atomic E-state index is 0.136. The van der Waals surface area contributed by atoms with E-state index in [1.165, 1.54) is 0 Å². The van der Waals surface area contributed by atoms with Gasteiger partial charge in [0.2, 0.25) is 0 Å². The second-order valence-electron chi connectivity index (χ2n) is 4.54. The summed E-state index contributed by atoms with van der Waals surface area (Å²) < 4.78 is 0. The standard InChI is InChI=1S/C16H17ClN2O/c1-3-18-15-10-11(2)4-9-14(15)16(20)19-13-7-5-12(17)6-8-13/h4-10,18H,3H2,1-2H3,(H,19,20). The molecule has 2 aromatic rings. The van der Waals surface area contributed by atoms with Crippen molar-refractivity contribution >= 4 is 28.9 Å². The smallest absolute Gasteiger partial charge is 0.257 e. The molecule has 4 heteroatoms. The number of halogens is 1. The van der Waals surface area contributed by atoms with Crippen LogP contribution in [0.15, 0.2) is 42.5 Å². The minimum Gasteiger partial charge on any atom is -0.385 e. The van der Waals surface area contributed by atoms with Crippen molar-refractivity contribution in [2.45, 2.75) is 13.8 Å². The molecule has 0 aliphatic carbocycles. The third kappa shape index (κ3) is 3.52. The molecule has 2 rings (SSSR count). The van der Waals surface area contributed by atoms with E-state index in [1.54, 1.807) is 24.3 Å². The predicted octanol–water partition coefficient (Wildman–Crippen LogP) is 4.33. The van der Waals surface area contributed by atoms with E-state index >= 15 is 0 Å². The maximum absolute atomic E-state index is 12.3. The first kappa shape index (κ1) is 14.4. The number of amides is 1. The monoisotopic (exact) mass is 288 g/mol. The largest absolute Gasteiger partial charge is 0.385 e. The number of hydrogen-bond donors (Lipinski definition) is 2. The van der Waals surface area contributed by atoms with E-state index in [9.17, 15) is 4.79 Å². The van der Waals surface area contributed by atoms with Crippen LogP contribution in [0.25, 0.3) is 0 Å². The average Bonchev–Trinajstić information content (AvgIpc) is 2.42. The molecule has 0 unspecified atom stereocenters. The van der Waals surface area contributed by atoms with Gasteiger partial charge in [0.1, 0.15) is 0 Å². The number of carbonyl (C=O) groups is 1. The molecule has 2 N–H and O–H groups in total. The van der Waals surface area contributed by atoms with Gasteiger partial charge in [-0.3, -0.25) is 4.79 Å². The van der Waals surface area contributed by atoms with Crippen molar-refractivity contribution in [3.05, 3.63) is 58.6 Å². The first-order chi connectivity index (χ1) is 9.60. The molecule has 0 aromatic heterocycles. The highest BCUT2D eigenvalue weighted by Crippen LogP contribution is 2.20. The summed E-state index contributed by atoms with van der Waals surface area (Å²) in [6.45, 7) is 4.77. The maximum atomic E-state index is 12.3.